The molecule has 0 aliphatic carbocycles. The molecule has 0 radical (unpaired) electrons. The van der Waals surface area contributed by atoms with Crippen LogP contribution in [0.4, 0.5) is 5.82 Å². The third kappa shape index (κ3) is 1.74. The molecule has 0 spiro atoms. The molecule has 4 nitrogen and oxygen atoms in total. The highest BCUT2D eigenvalue weighted by Gasteiger charge is 2.20. The quantitative estimate of drug-likeness (QED) is 0.799. The maximum atomic E-state index is 11.3. The fourth-order valence-electron chi connectivity index (χ4n) is 2.30. The summed E-state index contributed by atoms with van der Waals surface area (Å²) in [5, 5.41) is 0. The molecular weight excluding hydrogens is 282 g/mol. The Kier molecular flexibility index (Phi) is 2.63. The van der Waals surface area contributed by atoms with Crippen molar-refractivity contribution < 1.29 is 4.79 Å². The molecule has 5 heteroatoms. The largest absolute Gasteiger partial charge is 0.355 e. The van der Waals surface area contributed by atoms with Gasteiger partial charge in [-0.3, -0.25) is 9.20 Å². The molecule has 1 fully saturated rings. The molecule has 88 valence electrons. The summed E-state index contributed by atoms with van der Waals surface area (Å²) in [6, 6.07) is 3.85. The highest BCUT2D eigenvalue weighted by Crippen LogP contribution is 2.25. The number of halogens is 1. The van der Waals surface area contributed by atoms with Crippen molar-refractivity contribution >= 4 is 33.7 Å². The van der Waals surface area contributed by atoms with Crippen LogP contribution in [0.5, 0.6) is 0 Å². The predicted molar refractivity (Wildman–Crippen MR) is 69.7 cm³/mol. The molecule has 0 bridgehead atoms. The first-order valence-corrected chi connectivity index (χ1v) is 6.46. The number of hydrogen-bond donors (Lipinski definition) is 0. The number of carbonyl (C=O) groups is 1. The Balaban J connectivity index is 2.20. The standard InChI is InChI=1S/C12H12BrN3O/c13-9-3-4-11-14-12(15-5-1-2-6-15)10(8-17)16(11)7-9/h3-4,7-8H,1-2,5-6H2. The van der Waals surface area contributed by atoms with E-state index in [9.17, 15) is 4.79 Å². The van der Waals surface area contributed by atoms with E-state index in [1.54, 1.807) is 0 Å². The average Bonchev–Trinajstić information content (AvgIpc) is 2.94. The molecule has 0 unspecified atom stereocenters. The number of nitrogens with zero attached hydrogens (tertiary/aromatic N) is 3. The summed E-state index contributed by atoms with van der Waals surface area (Å²) in [6.45, 7) is 1.98. The third-order valence-electron chi connectivity index (χ3n) is 3.12. The predicted octanol–water partition coefficient (Wildman–Crippen LogP) is 2.51. The second kappa shape index (κ2) is 4.14. The van der Waals surface area contributed by atoms with Gasteiger partial charge in [0.05, 0.1) is 0 Å². The van der Waals surface area contributed by atoms with E-state index in [2.05, 4.69) is 25.8 Å². The lowest BCUT2D eigenvalue weighted by atomic mass is 10.4. The van der Waals surface area contributed by atoms with E-state index in [0.717, 1.165) is 35.3 Å². The van der Waals surface area contributed by atoms with Gasteiger partial charge in [0.1, 0.15) is 11.3 Å². The SMILES string of the molecule is O=Cc1c(N2CCCC2)nc2ccc(Br)cn12. The van der Waals surface area contributed by atoms with E-state index in [1.165, 1.54) is 12.8 Å². The van der Waals surface area contributed by atoms with Gasteiger partial charge in [-0.05, 0) is 40.9 Å². The van der Waals surface area contributed by atoms with Gasteiger partial charge in [0.15, 0.2) is 12.1 Å². The molecule has 3 heterocycles. The van der Waals surface area contributed by atoms with Crippen molar-refractivity contribution in [2.45, 2.75) is 12.8 Å². The first-order chi connectivity index (χ1) is 8.29. The molecule has 2 aromatic heterocycles. The van der Waals surface area contributed by atoms with E-state index in [-0.39, 0.29) is 0 Å². The molecular formula is C12H12BrN3O. The Morgan fingerprint density at radius 2 is 2.06 bits per heavy atom. The second-order valence-electron chi connectivity index (χ2n) is 4.21. The Morgan fingerprint density at radius 3 is 2.76 bits per heavy atom. The van der Waals surface area contributed by atoms with Gasteiger partial charge in [-0.15, -0.1) is 0 Å². The van der Waals surface area contributed by atoms with Crippen LogP contribution < -0.4 is 4.90 Å². The summed E-state index contributed by atoms with van der Waals surface area (Å²) in [6.07, 6.45) is 5.12. The number of rotatable bonds is 2. The highest BCUT2D eigenvalue weighted by molar-refractivity contribution is 9.10. The van der Waals surface area contributed by atoms with Crippen LogP contribution in [-0.2, 0) is 0 Å². The van der Waals surface area contributed by atoms with Crippen molar-refractivity contribution in [2.75, 3.05) is 18.0 Å². The number of aldehydes is 1. The molecule has 0 N–H and O–H groups in total. The van der Waals surface area contributed by atoms with Gasteiger partial charge in [-0.25, -0.2) is 4.98 Å². The van der Waals surface area contributed by atoms with Crippen molar-refractivity contribution in [2.24, 2.45) is 0 Å². The zero-order valence-electron chi connectivity index (χ0n) is 9.27. The number of anilines is 1. The fourth-order valence-corrected chi connectivity index (χ4v) is 2.63. The topological polar surface area (TPSA) is 37.6 Å². The summed E-state index contributed by atoms with van der Waals surface area (Å²) in [7, 11) is 0. The summed E-state index contributed by atoms with van der Waals surface area (Å²) >= 11 is 3.41. The Hall–Kier alpha value is -1.36. The molecule has 3 rings (SSSR count). The van der Waals surface area contributed by atoms with Gasteiger partial charge in [-0.1, -0.05) is 0 Å². The normalized spacial score (nSPS) is 15.7. The molecule has 0 saturated carbocycles. The van der Waals surface area contributed by atoms with Gasteiger partial charge < -0.3 is 4.90 Å². The van der Waals surface area contributed by atoms with Crippen LogP contribution >= 0.6 is 15.9 Å². The minimum Gasteiger partial charge on any atom is -0.355 e. The van der Waals surface area contributed by atoms with Crippen LogP contribution in [0.1, 0.15) is 23.3 Å². The first-order valence-electron chi connectivity index (χ1n) is 5.67. The summed E-state index contributed by atoms with van der Waals surface area (Å²) < 4.78 is 2.78. The third-order valence-corrected chi connectivity index (χ3v) is 3.59. The van der Waals surface area contributed by atoms with E-state index in [4.69, 9.17) is 0 Å². The van der Waals surface area contributed by atoms with E-state index < -0.39 is 0 Å². The van der Waals surface area contributed by atoms with Crippen LogP contribution in [0, 0.1) is 0 Å². The number of pyridine rings is 1. The van der Waals surface area contributed by atoms with Gasteiger partial charge in [-0.2, -0.15) is 0 Å². The lowest BCUT2D eigenvalue weighted by Gasteiger charge is -2.14. The van der Waals surface area contributed by atoms with Crippen LogP contribution in [-0.4, -0.2) is 28.8 Å². The molecule has 1 aliphatic rings. The lowest BCUT2D eigenvalue weighted by Crippen LogP contribution is -2.19. The van der Waals surface area contributed by atoms with Gasteiger partial charge >= 0.3 is 0 Å². The van der Waals surface area contributed by atoms with Crippen molar-refractivity contribution in [3.63, 3.8) is 0 Å². The van der Waals surface area contributed by atoms with E-state index >= 15 is 0 Å². The summed E-state index contributed by atoms with van der Waals surface area (Å²) in [5.74, 6) is 0.815. The molecule has 2 aromatic rings. The smallest absolute Gasteiger partial charge is 0.170 e. The van der Waals surface area contributed by atoms with Crippen molar-refractivity contribution in [1.29, 1.82) is 0 Å². The zero-order valence-corrected chi connectivity index (χ0v) is 10.9. The average molecular weight is 294 g/mol. The summed E-state index contributed by atoms with van der Waals surface area (Å²) in [5.41, 5.74) is 1.46. The number of imidazole rings is 1. The van der Waals surface area contributed by atoms with Gasteiger partial charge in [0.2, 0.25) is 0 Å². The maximum absolute atomic E-state index is 11.3. The minimum absolute atomic E-state index is 0.642. The second-order valence-corrected chi connectivity index (χ2v) is 5.12. The lowest BCUT2D eigenvalue weighted by molar-refractivity contribution is 0.111. The Bertz CT molecular complexity index is 572. The van der Waals surface area contributed by atoms with Gasteiger partial charge in [0, 0.05) is 23.8 Å². The molecule has 1 saturated heterocycles. The van der Waals surface area contributed by atoms with Crippen molar-refractivity contribution in [3.05, 3.63) is 28.5 Å². The van der Waals surface area contributed by atoms with Gasteiger partial charge in [0.25, 0.3) is 0 Å². The first kappa shape index (κ1) is 10.8. The van der Waals surface area contributed by atoms with Crippen LogP contribution in [0.15, 0.2) is 22.8 Å². The molecule has 0 atom stereocenters. The maximum Gasteiger partial charge on any atom is 0.170 e. The number of fused-ring (bicyclic) bond motifs is 1. The van der Waals surface area contributed by atoms with Crippen LogP contribution in [0.2, 0.25) is 0 Å². The minimum atomic E-state index is 0.642. The Labute approximate surface area is 107 Å². The number of carbonyl (C=O) groups excluding carboxylic acids is 1. The zero-order chi connectivity index (χ0) is 11.8. The number of hydrogen-bond acceptors (Lipinski definition) is 3. The highest BCUT2D eigenvalue weighted by atomic mass is 79.9. The molecule has 0 amide bonds. The molecule has 1 aliphatic heterocycles. The fraction of sp³-hybridized carbons (Fsp3) is 0.333. The van der Waals surface area contributed by atoms with Crippen LogP contribution in [0.3, 0.4) is 0 Å². The number of aromatic nitrogens is 2. The van der Waals surface area contributed by atoms with Crippen LogP contribution in [0.25, 0.3) is 5.65 Å². The van der Waals surface area contributed by atoms with E-state index in [0.29, 0.717) is 5.69 Å². The van der Waals surface area contributed by atoms with Crippen molar-refractivity contribution in [3.8, 4) is 0 Å². The monoisotopic (exact) mass is 293 g/mol. The van der Waals surface area contributed by atoms with Crippen molar-refractivity contribution in [1.82, 2.24) is 9.38 Å². The Morgan fingerprint density at radius 1 is 1.29 bits per heavy atom. The van der Waals surface area contributed by atoms with E-state index in [1.807, 2.05) is 22.7 Å². The molecule has 0 aromatic carbocycles. The molecule has 17 heavy (non-hydrogen) atoms. The summed E-state index contributed by atoms with van der Waals surface area (Å²) in [4.78, 5) is 18.0.